The maximum absolute atomic E-state index is 12.2. The highest BCUT2D eigenvalue weighted by molar-refractivity contribution is 6.30. The van der Waals surface area contributed by atoms with Crippen LogP contribution >= 0.6 is 11.6 Å². The Morgan fingerprint density at radius 2 is 2.00 bits per heavy atom. The first-order valence-electron chi connectivity index (χ1n) is 6.63. The Morgan fingerprint density at radius 3 is 2.65 bits per heavy atom. The minimum atomic E-state index is -0.924. The van der Waals surface area contributed by atoms with Gasteiger partial charge in [0.1, 0.15) is 16.9 Å². The van der Waals surface area contributed by atoms with E-state index in [1.165, 1.54) is 16.8 Å². The first-order valence-corrected chi connectivity index (χ1v) is 7.01. The highest BCUT2D eigenvalue weighted by atomic mass is 35.5. The third-order valence-corrected chi connectivity index (χ3v) is 2.75. The smallest absolute Gasteiger partial charge is 0.415 e. The Labute approximate surface area is 136 Å². The number of carbonyl (C=O) groups excluding carboxylic acids is 2. The van der Waals surface area contributed by atoms with E-state index >= 15 is 0 Å². The monoisotopic (exact) mass is 338 g/mol. The summed E-state index contributed by atoms with van der Waals surface area (Å²) < 4.78 is 6.12. The van der Waals surface area contributed by atoms with Gasteiger partial charge in [-0.25, -0.2) is 19.9 Å². The van der Waals surface area contributed by atoms with E-state index in [0.717, 1.165) is 0 Å². The summed E-state index contributed by atoms with van der Waals surface area (Å²) in [7, 11) is 0. The second-order valence-electron chi connectivity index (χ2n) is 5.63. The summed E-state index contributed by atoms with van der Waals surface area (Å²) in [6, 6.07) is 2.25. The van der Waals surface area contributed by atoms with Crippen molar-refractivity contribution >= 4 is 35.1 Å². The lowest BCUT2D eigenvalue weighted by Gasteiger charge is -2.19. The number of ether oxygens (including phenoxy) is 1. The van der Waals surface area contributed by atoms with Gasteiger partial charge in [-0.2, -0.15) is 0 Å². The lowest BCUT2D eigenvalue weighted by atomic mass is 10.2. The number of anilines is 1. The topological polar surface area (TPSA) is 102 Å². The van der Waals surface area contributed by atoms with Crippen molar-refractivity contribution in [3.63, 3.8) is 0 Å². The number of nitrogens with one attached hydrogen (secondary N) is 2. The first kappa shape index (κ1) is 16.8. The molecule has 0 aliphatic carbocycles. The molecule has 0 saturated carbocycles. The van der Waals surface area contributed by atoms with Gasteiger partial charge < -0.3 is 10.1 Å². The molecule has 8 nitrogen and oxygen atoms in total. The third-order valence-electron chi connectivity index (χ3n) is 2.53. The number of alkyl carbamates (subject to hydrolysis) is 1. The van der Waals surface area contributed by atoms with E-state index in [2.05, 4.69) is 10.3 Å². The maximum Gasteiger partial charge on any atom is 0.415 e. The van der Waals surface area contributed by atoms with Crippen molar-refractivity contribution in [3.05, 3.63) is 39.9 Å². The quantitative estimate of drug-likeness (QED) is 0.831. The van der Waals surface area contributed by atoms with E-state index in [1.54, 1.807) is 32.9 Å². The number of fused-ring (bicyclic) bond motifs is 1. The summed E-state index contributed by atoms with van der Waals surface area (Å²) in [6.07, 6.45) is 1.65. The second-order valence-corrected chi connectivity index (χ2v) is 6.07. The van der Waals surface area contributed by atoms with Gasteiger partial charge in [-0.1, -0.05) is 11.6 Å². The molecule has 2 aromatic heterocycles. The summed E-state index contributed by atoms with van der Waals surface area (Å²) >= 11 is 5.83. The Morgan fingerprint density at radius 1 is 1.30 bits per heavy atom. The van der Waals surface area contributed by atoms with E-state index in [9.17, 15) is 14.4 Å². The fraction of sp³-hybridized carbons (Fsp3) is 0.286. The van der Waals surface area contributed by atoms with Crippen molar-refractivity contribution in [2.24, 2.45) is 0 Å². The predicted octanol–water partition coefficient (Wildman–Crippen LogP) is 2.40. The molecule has 2 N–H and O–H groups in total. The fourth-order valence-electron chi connectivity index (χ4n) is 1.69. The van der Waals surface area contributed by atoms with E-state index in [4.69, 9.17) is 16.3 Å². The molecule has 0 fully saturated rings. The molecule has 3 amide bonds. The van der Waals surface area contributed by atoms with Crippen molar-refractivity contribution in [1.29, 1.82) is 0 Å². The minimum Gasteiger partial charge on any atom is -0.443 e. The summed E-state index contributed by atoms with van der Waals surface area (Å²) in [5, 5.41) is 4.55. The number of urea groups is 1. The molecule has 0 aromatic carbocycles. The molecule has 23 heavy (non-hydrogen) atoms. The zero-order chi connectivity index (χ0) is 17.2. The minimum absolute atomic E-state index is 0.106. The maximum atomic E-state index is 12.2. The molecule has 9 heteroatoms. The van der Waals surface area contributed by atoms with Crippen molar-refractivity contribution in [3.8, 4) is 0 Å². The van der Waals surface area contributed by atoms with Crippen molar-refractivity contribution in [2.75, 3.05) is 5.32 Å². The number of imide groups is 1. The van der Waals surface area contributed by atoms with Gasteiger partial charge in [0.2, 0.25) is 0 Å². The number of hydrogen-bond donors (Lipinski definition) is 2. The SMILES string of the molecule is CC(C)(C)OC(=O)NC(=O)Nc1cnc2ccc(Cl)cn2c1=O. The van der Waals surface area contributed by atoms with Gasteiger partial charge in [0.05, 0.1) is 11.2 Å². The van der Waals surface area contributed by atoms with E-state index in [-0.39, 0.29) is 5.69 Å². The molecule has 2 heterocycles. The molecule has 2 aromatic rings. The van der Waals surface area contributed by atoms with E-state index in [0.29, 0.717) is 10.7 Å². The summed E-state index contributed by atoms with van der Waals surface area (Å²) in [6.45, 7) is 4.98. The third kappa shape index (κ3) is 4.43. The Kier molecular flexibility index (Phi) is 4.55. The Bertz CT molecular complexity index is 826. The summed E-state index contributed by atoms with van der Waals surface area (Å²) in [4.78, 5) is 39.5. The number of hydrogen-bond acceptors (Lipinski definition) is 5. The molecule has 0 spiro atoms. The van der Waals surface area contributed by atoms with Crippen LogP contribution in [0.5, 0.6) is 0 Å². The standard InChI is InChI=1S/C14H15ClN4O4/c1-14(2,3)23-13(22)18-12(21)17-9-6-16-10-5-4-8(15)7-19(10)11(9)20/h4-7H,1-3H3,(H2,17,18,21,22). The Balaban J connectivity index is 2.16. The first-order chi connectivity index (χ1) is 10.7. The van der Waals surface area contributed by atoms with Crippen LogP contribution in [-0.4, -0.2) is 27.1 Å². The highest BCUT2D eigenvalue weighted by Crippen LogP contribution is 2.09. The molecule has 0 radical (unpaired) electrons. The number of aromatic nitrogens is 2. The van der Waals surface area contributed by atoms with E-state index in [1.807, 2.05) is 5.32 Å². The van der Waals surface area contributed by atoms with Gasteiger partial charge in [-0.15, -0.1) is 0 Å². The number of carbonyl (C=O) groups is 2. The van der Waals surface area contributed by atoms with Gasteiger partial charge in [0, 0.05) is 6.20 Å². The van der Waals surface area contributed by atoms with Crippen LogP contribution in [0.4, 0.5) is 15.3 Å². The molecule has 0 atom stereocenters. The van der Waals surface area contributed by atoms with Crippen LogP contribution in [0.1, 0.15) is 20.8 Å². The van der Waals surface area contributed by atoms with Crippen LogP contribution in [0.3, 0.4) is 0 Å². The zero-order valence-electron chi connectivity index (χ0n) is 12.7. The van der Waals surface area contributed by atoms with Crippen LogP contribution in [0.25, 0.3) is 5.65 Å². The van der Waals surface area contributed by atoms with Gasteiger partial charge in [0.15, 0.2) is 0 Å². The second kappa shape index (κ2) is 6.25. The van der Waals surface area contributed by atoms with Gasteiger partial charge >= 0.3 is 12.1 Å². The molecule has 0 aliphatic rings. The number of nitrogens with zero attached hydrogens (tertiary/aromatic N) is 2. The average molecular weight is 339 g/mol. The molecule has 122 valence electrons. The van der Waals surface area contributed by atoms with Crippen LogP contribution < -0.4 is 16.2 Å². The molecule has 0 saturated heterocycles. The number of amides is 3. The molecule has 0 bridgehead atoms. The number of pyridine rings is 1. The average Bonchev–Trinajstić information content (AvgIpc) is 2.40. The number of halogens is 1. The van der Waals surface area contributed by atoms with Crippen LogP contribution in [-0.2, 0) is 4.74 Å². The highest BCUT2D eigenvalue weighted by Gasteiger charge is 2.18. The summed E-state index contributed by atoms with van der Waals surface area (Å²) in [5.74, 6) is 0. The molecule has 2 rings (SSSR count). The molecule has 0 aliphatic heterocycles. The van der Waals surface area contributed by atoms with Crippen LogP contribution in [0.2, 0.25) is 5.02 Å². The molecular formula is C14H15ClN4O4. The normalized spacial score (nSPS) is 11.1. The van der Waals surface area contributed by atoms with Crippen LogP contribution in [0.15, 0.2) is 29.3 Å². The van der Waals surface area contributed by atoms with Crippen molar-refractivity contribution in [1.82, 2.24) is 14.7 Å². The van der Waals surface area contributed by atoms with Crippen LogP contribution in [0, 0.1) is 0 Å². The van der Waals surface area contributed by atoms with Gasteiger partial charge in [-0.05, 0) is 32.9 Å². The molecule has 0 unspecified atom stereocenters. The largest absolute Gasteiger partial charge is 0.443 e. The number of rotatable bonds is 1. The van der Waals surface area contributed by atoms with Crippen molar-refractivity contribution in [2.45, 2.75) is 26.4 Å². The van der Waals surface area contributed by atoms with Gasteiger partial charge in [-0.3, -0.25) is 9.20 Å². The zero-order valence-corrected chi connectivity index (χ0v) is 13.5. The summed E-state index contributed by atoms with van der Waals surface area (Å²) in [5.41, 5.74) is -1.01. The lowest BCUT2D eigenvalue weighted by molar-refractivity contribution is 0.0551. The predicted molar refractivity (Wildman–Crippen MR) is 84.9 cm³/mol. The van der Waals surface area contributed by atoms with Crippen molar-refractivity contribution < 1.29 is 14.3 Å². The van der Waals surface area contributed by atoms with Gasteiger partial charge in [0.25, 0.3) is 5.56 Å². The fourth-order valence-corrected chi connectivity index (χ4v) is 1.85. The lowest BCUT2D eigenvalue weighted by Crippen LogP contribution is -2.39. The van der Waals surface area contributed by atoms with E-state index < -0.39 is 23.3 Å². The molecular weight excluding hydrogens is 324 g/mol. The Hall–Kier alpha value is -2.61.